The highest BCUT2D eigenvalue weighted by Crippen LogP contribution is 2.45. The summed E-state index contributed by atoms with van der Waals surface area (Å²) in [5.74, 6) is 0. The first kappa shape index (κ1) is 32.4. The molecule has 0 atom stereocenters. The van der Waals surface area contributed by atoms with E-state index >= 15 is 0 Å². The molecule has 12 aromatic rings. The van der Waals surface area contributed by atoms with Crippen molar-refractivity contribution in [3.05, 3.63) is 249 Å². The Bertz CT molecular complexity index is 3850. The topological polar surface area (TPSA) is 11.4 Å². The summed E-state index contributed by atoms with van der Waals surface area (Å²) in [5.41, 5.74) is 8.45. The summed E-state index contributed by atoms with van der Waals surface area (Å²) in [6, 6.07) is 75.8. The van der Waals surface area contributed by atoms with Gasteiger partial charge in [-0.05, 0) is 111 Å². The van der Waals surface area contributed by atoms with Gasteiger partial charge >= 0.3 is 0 Å². The van der Waals surface area contributed by atoms with Crippen LogP contribution in [0.15, 0.2) is 249 Å². The maximum Gasteiger partial charge on any atom is 0.0645 e. The number of fused-ring (bicyclic) bond motifs is 6. The Morgan fingerprint density at radius 1 is 0.317 bits per heavy atom. The van der Waals surface area contributed by atoms with Crippen LogP contribution in [0, 0.1) is 0 Å². The van der Waals surface area contributed by atoms with Crippen molar-refractivity contribution in [1.29, 1.82) is 0 Å². The molecule has 63 heavy (non-hydrogen) atoms. The van der Waals surface area contributed by atoms with Gasteiger partial charge in [0.25, 0.3) is 0 Å². The van der Waals surface area contributed by atoms with Crippen molar-refractivity contribution >= 4 is 88.2 Å². The molecule has 0 N–H and O–H groups in total. The van der Waals surface area contributed by atoms with Crippen molar-refractivity contribution in [2.75, 3.05) is 9.80 Å². The van der Waals surface area contributed by atoms with Crippen molar-refractivity contribution < 1.29 is 5.48 Å². The number of nitrogens with zero attached hydrogens (tertiary/aromatic N) is 3. The molecule has 12 rings (SSSR count). The lowest BCUT2D eigenvalue weighted by Gasteiger charge is -2.29. The Morgan fingerprint density at radius 2 is 0.889 bits per heavy atom. The third-order valence-electron chi connectivity index (χ3n) is 12.2. The molecule has 0 radical (unpaired) electrons. The maximum atomic E-state index is 9.82. The molecule has 0 aliphatic heterocycles. The van der Waals surface area contributed by atoms with Gasteiger partial charge in [0.15, 0.2) is 0 Å². The van der Waals surface area contributed by atoms with Crippen LogP contribution in [0.4, 0.5) is 34.1 Å². The van der Waals surface area contributed by atoms with Gasteiger partial charge in [0.2, 0.25) is 0 Å². The number of rotatable bonds is 8. The molecule has 3 nitrogen and oxygen atoms in total. The highest BCUT2D eigenvalue weighted by molar-refractivity contribution is 6.11. The standard InChI is InChI=1S/C60H41N3/c1-3-20-46(21-4-1)61(50-38-39-56-55-25-11-12-29-58(55)62(60(56)41-50)47-22-5-2-6-23-47)48-35-33-44(34-36-48)51-26-14-28-54-53(51)27-15-31-59(54)63(49-37-32-42-16-7-8-18-45(42)40-49)57-30-13-19-43-17-9-10-24-52(43)57/h1-41H/i33D,34D,35D,36D. The second-order valence-corrected chi connectivity index (χ2v) is 15.8. The largest absolute Gasteiger partial charge is 0.310 e. The Kier molecular flexibility index (Phi) is 7.84. The Hall–Kier alpha value is -8.40. The van der Waals surface area contributed by atoms with E-state index in [2.05, 4.69) is 149 Å². The number of benzene rings is 11. The fraction of sp³-hybridized carbons (Fsp3) is 0. The summed E-state index contributed by atoms with van der Waals surface area (Å²) in [5, 5.41) is 8.41. The van der Waals surface area contributed by atoms with Crippen LogP contribution in [0.1, 0.15) is 5.48 Å². The molecule has 296 valence electrons. The zero-order valence-corrected chi connectivity index (χ0v) is 34.2. The summed E-state index contributed by atoms with van der Waals surface area (Å²) >= 11 is 0. The maximum absolute atomic E-state index is 9.82. The minimum atomic E-state index is -0.134. The van der Waals surface area contributed by atoms with Crippen molar-refractivity contribution in [3.8, 4) is 16.8 Å². The van der Waals surface area contributed by atoms with Crippen molar-refractivity contribution in [2.45, 2.75) is 0 Å². The molecule has 0 aliphatic carbocycles. The van der Waals surface area contributed by atoms with E-state index in [4.69, 9.17) is 0 Å². The number of anilines is 6. The predicted octanol–water partition coefficient (Wildman–Crippen LogP) is 16.8. The van der Waals surface area contributed by atoms with Gasteiger partial charge in [0.05, 0.1) is 27.9 Å². The zero-order valence-electron chi connectivity index (χ0n) is 38.2. The Morgan fingerprint density at radius 3 is 1.71 bits per heavy atom. The molecule has 11 aromatic carbocycles. The summed E-state index contributed by atoms with van der Waals surface area (Å²) in [6.07, 6.45) is 0. The van der Waals surface area contributed by atoms with E-state index in [9.17, 15) is 5.48 Å². The van der Waals surface area contributed by atoms with E-state index in [-0.39, 0.29) is 35.4 Å². The number of hydrogen-bond donors (Lipinski definition) is 0. The van der Waals surface area contributed by atoms with Gasteiger partial charge < -0.3 is 14.4 Å². The first-order valence-corrected chi connectivity index (χ1v) is 21.3. The van der Waals surface area contributed by atoms with Crippen molar-refractivity contribution in [1.82, 2.24) is 4.57 Å². The van der Waals surface area contributed by atoms with Gasteiger partial charge in [-0.3, -0.25) is 0 Å². The lowest BCUT2D eigenvalue weighted by atomic mass is 9.96. The van der Waals surface area contributed by atoms with Gasteiger partial charge in [-0.2, -0.15) is 0 Å². The summed E-state index contributed by atoms with van der Waals surface area (Å²) in [6.45, 7) is 0. The van der Waals surface area contributed by atoms with Crippen LogP contribution < -0.4 is 9.80 Å². The predicted molar refractivity (Wildman–Crippen MR) is 268 cm³/mol. The van der Waals surface area contributed by atoms with E-state index < -0.39 is 0 Å². The first-order valence-electron chi connectivity index (χ1n) is 23.3. The molecule has 0 amide bonds. The molecule has 1 heterocycles. The molecule has 0 saturated heterocycles. The van der Waals surface area contributed by atoms with Gasteiger partial charge in [-0.25, -0.2) is 0 Å². The molecule has 0 unspecified atom stereocenters. The van der Waals surface area contributed by atoms with Gasteiger partial charge in [0.1, 0.15) is 0 Å². The van der Waals surface area contributed by atoms with Gasteiger partial charge in [-0.15, -0.1) is 0 Å². The summed E-state index contributed by atoms with van der Waals surface area (Å²) in [4.78, 5) is 4.16. The van der Waals surface area contributed by atoms with E-state index in [1.54, 1.807) is 0 Å². The first-order chi connectivity index (χ1) is 32.9. The van der Waals surface area contributed by atoms with E-state index in [0.717, 1.165) is 82.6 Å². The highest BCUT2D eigenvalue weighted by atomic mass is 15.2. The lowest BCUT2D eigenvalue weighted by molar-refractivity contribution is 1.18. The average molecular weight is 808 g/mol. The molecule has 0 spiro atoms. The second-order valence-electron chi connectivity index (χ2n) is 15.8. The third-order valence-corrected chi connectivity index (χ3v) is 12.2. The number of aromatic nitrogens is 1. The van der Waals surface area contributed by atoms with Crippen LogP contribution in [-0.4, -0.2) is 4.57 Å². The summed E-state index contributed by atoms with van der Waals surface area (Å²) in [7, 11) is 0. The van der Waals surface area contributed by atoms with Gasteiger partial charge in [-0.1, -0.05) is 170 Å². The average Bonchev–Trinajstić information content (AvgIpc) is 3.71. The SMILES string of the molecule is [2H]c1c([2H])c(N(c2ccccc2)c2ccc3c4ccccc4n(-c4ccccc4)c3c2)c([2H])c([2H])c1-c1cccc2c(N(c3ccc4ccccc4c3)c3cccc4ccccc34)cccc12. The molecule has 3 heteroatoms. The lowest BCUT2D eigenvalue weighted by Crippen LogP contribution is -2.11. The number of para-hydroxylation sites is 3. The van der Waals surface area contributed by atoms with Gasteiger partial charge in [0, 0.05) is 50.0 Å². The Labute approximate surface area is 372 Å². The third kappa shape index (κ3) is 6.29. The van der Waals surface area contributed by atoms with Crippen molar-refractivity contribution in [2.24, 2.45) is 0 Å². The molecule has 0 aliphatic rings. The van der Waals surface area contributed by atoms with Crippen LogP contribution in [0.3, 0.4) is 0 Å². The van der Waals surface area contributed by atoms with Crippen LogP contribution in [0.25, 0.3) is 70.9 Å². The molecule has 1 aromatic heterocycles. The minimum absolute atomic E-state index is 0.116. The van der Waals surface area contributed by atoms with Crippen LogP contribution in [0.5, 0.6) is 0 Å². The summed E-state index contributed by atoms with van der Waals surface area (Å²) < 4.78 is 41.5. The number of hydrogen-bond acceptors (Lipinski definition) is 2. The smallest absolute Gasteiger partial charge is 0.0645 e. The van der Waals surface area contributed by atoms with Crippen LogP contribution >= 0.6 is 0 Å². The van der Waals surface area contributed by atoms with E-state index in [0.29, 0.717) is 11.3 Å². The molecular weight excluding hydrogens is 763 g/mol. The second kappa shape index (κ2) is 15.3. The van der Waals surface area contributed by atoms with Crippen molar-refractivity contribution in [3.63, 3.8) is 0 Å². The quantitative estimate of drug-likeness (QED) is 0.151. The monoisotopic (exact) mass is 807 g/mol. The Balaban J connectivity index is 1.05. The van der Waals surface area contributed by atoms with Crippen LogP contribution in [-0.2, 0) is 0 Å². The fourth-order valence-corrected chi connectivity index (χ4v) is 9.32. The van der Waals surface area contributed by atoms with E-state index in [1.165, 1.54) is 0 Å². The fourth-order valence-electron chi connectivity index (χ4n) is 9.32. The molecule has 0 saturated carbocycles. The van der Waals surface area contributed by atoms with Crippen LogP contribution in [0.2, 0.25) is 0 Å². The molecule has 0 fully saturated rings. The molecular formula is C60H41N3. The normalized spacial score (nSPS) is 12.4. The zero-order chi connectivity index (χ0) is 45.2. The van der Waals surface area contributed by atoms with E-state index in [1.807, 2.05) is 89.8 Å². The molecule has 0 bridgehead atoms. The highest BCUT2D eigenvalue weighted by Gasteiger charge is 2.21. The minimum Gasteiger partial charge on any atom is -0.310 e.